The Kier molecular flexibility index (Phi) is 5.20. The number of nitrogens with one attached hydrogen (secondary N) is 3. The van der Waals surface area contributed by atoms with Gasteiger partial charge in [-0.25, -0.2) is 15.1 Å². The highest BCUT2D eigenvalue weighted by Crippen LogP contribution is 2.14. The normalized spacial score (nSPS) is 10.6. The van der Waals surface area contributed by atoms with Crippen LogP contribution in [0.4, 0.5) is 0 Å². The zero-order chi connectivity index (χ0) is 19.4. The van der Waals surface area contributed by atoms with E-state index in [4.69, 9.17) is 0 Å². The molecule has 27 heavy (non-hydrogen) atoms. The molecule has 0 spiro atoms. The van der Waals surface area contributed by atoms with Crippen molar-refractivity contribution < 1.29 is 9.59 Å². The highest BCUT2D eigenvalue weighted by atomic mass is 16.2. The predicted octanol–water partition coefficient (Wildman–Crippen LogP) is 0.490. The summed E-state index contributed by atoms with van der Waals surface area (Å²) in [5, 5.41) is 11.2. The van der Waals surface area contributed by atoms with Gasteiger partial charge in [-0.05, 0) is 38.1 Å². The molecule has 0 saturated heterocycles. The van der Waals surface area contributed by atoms with Gasteiger partial charge in [0.15, 0.2) is 0 Å². The molecule has 0 atom stereocenters. The van der Waals surface area contributed by atoms with E-state index in [9.17, 15) is 14.4 Å². The van der Waals surface area contributed by atoms with Crippen LogP contribution in [-0.2, 0) is 0 Å². The number of aromatic nitrogens is 4. The summed E-state index contributed by atoms with van der Waals surface area (Å²) >= 11 is 0. The highest BCUT2D eigenvalue weighted by molar-refractivity contribution is 5.97. The maximum Gasteiger partial charge on any atom is 0.271 e. The number of hydrogen-bond donors (Lipinski definition) is 3. The molecule has 3 N–H and O–H groups in total. The Hall–Kier alpha value is -3.62. The van der Waals surface area contributed by atoms with Crippen LogP contribution in [-0.4, -0.2) is 45.1 Å². The number of amides is 2. The Morgan fingerprint density at radius 2 is 1.59 bits per heavy atom. The molecule has 3 rings (SSSR count). The number of carbonyl (C=O) groups is 2. The van der Waals surface area contributed by atoms with Gasteiger partial charge in [-0.2, -0.15) is 5.10 Å². The number of carbonyl (C=O) groups excluding carboxylic acids is 2. The summed E-state index contributed by atoms with van der Waals surface area (Å²) in [7, 11) is 0. The summed E-state index contributed by atoms with van der Waals surface area (Å²) in [5.41, 5.74) is 3.24. The van der Waals surface area contributed by atoms with Gasteiger partial charge < -0.3 is 10.6 Å². The van der Waals surface area contributed by atoms with Crippen LogP contribution in [0.3, 0.4) is 0 Å². The Balaban J connectivity index is 1.55. The van der Waals surface area contributed by atoms with Crippen LogP contribution in [0, 0.1) is 13.8 Å². The van der Waals surface area contributed by atoms with E-state index in [1.54, 1.807) is 18.2 Å². The smallest absolute Gasteiger partial charge is 0.271 e. The number of nitrogens with zero attached hydrogens (tertiary/aromatic N) is 3. The Labute approximate surface area is 154 Å². The fraction of sp³-hybridized carbons (Fsp3) is 0.222. The number of fused-ring (bicyclic) bond motifs is 1. The molecule has 2 heterocycles. The molecule has 0 fully saturated rings. The van der Waals surface area contributed by atoms with E-state index in [2.05, 4.69) is 30.8 Å². The fourth-order valence-electron chi connectivity index (χ4n) is 2.39. The molecule has 0 aliphatic rings. The zero-order valence-electron chi connectivity index (χ0n) is 14.9. The molecule has 1 aromatic carbocycles. The van der Waals surface area contributed by atoms with Gasteiger partial charge in [0.05, 0.1) is 22.4 Å². The minimum Gasteiger partial charge on any atom is -0.350 e. The lowest BCUT2D eigenvalue weighted by Crippen LogP contribution is -2.35. The topological polar surface area (TPSA) is 130 Å². The average Bonchev–Trinajstić information content (AvgIpc) is 2.66. The van der Waals surface area contributed by atoms with Gasteiger partial charge in [0.25, 0.3) is 17.4 Å². The first-order valence-corrected chi connectivity index (χ1v) is 8.31. The third-order valence-corrected chi connectivity index (χ3v) is 3.95. The van der Waals surface area contributed by atoms with Gasteiger partial charge in [-0.1, -0.05) is 0 Å². The van der Waals surface area contributed by atoms with Crippen molar-refractivity contribution in [1.82, 2.24) is 30.8 Å². The minimum atomic E-state index is -0.438. The van der Waals surface area contributed by atoms with Crippen molar-refractivity contribution in [3.05, 3.63) is 63.3 Å². The molecule has 0 bridgehead atoms. The standard InChI is InChI=1S/C18H18N6O3/c1-10-11(2)22-15-9-12(3-4-13(15)21-10)17(26)19-7-8-20-18(27)14-5-6-16(25)24-23-14/h3-6,9H,7-8H2,1-2H3,(H,19,26)(H,20,27)(H,24,25). The summed E-state index contributed by atoms with van der Waals surface area (Å²) in [6.45, 7) is 4.22. The first kappa shape index (κ1) is 18.2. The Morgan fingerprint density at radius 3 is 2.26 bits per heavy atom. The lowest BCUT2D eigenvalue weighted by atomic mass is 10.1. The second-order valence-electron chi connectivity index (χ2n) is 5.92. The van der Waals surface area contributed by atoms with E-state index in [0.29, 0.717) is 11.1 Å². The lowest BCUT2D eigenvalue weighted by Gasteiger charge is -2.08. The highest BCUT2D eigenvalue weighted by Gasteiger charge is 2.10. The van der Waals surface area contributed by atoms with Crippen molar-refractivity contribution >= 4 is 22.8 Å². The van der Waals surface area contributed by atoms with Crippen LogP contribution in [0.1, 0.15) is 32.2 Å². The van der Waals surface area contributed by atoms with Crippen molar-refractivity contribution in [3.8, 4) is 0 Å². The average molecular weight is 366 g/mol. The second-order valence-corrected chi connectivity index (χ2v) is 5.92. The van der Waals surface area contributed by atoms with Crippen molar-refractivity contribution in [2.45, 2.75) is 13.8 Å². The molecule has 0 unspecified atom stereocenters. The maximum atomic E-state index is 12.3. The third-order valence-electron chi connectivity index (χ3n) is 3.95. The fourth-order valence-corrected chi connectivity index (χ4v) is 2.39. The van der Waals surface area contributed by atoms with E-state index >= 15 is 0 Å². The van der Waals surface area contributed by atoms with Gasteiger partial charge in [0.1, 0.15) is 5.69 Å². The molecule has 0 aliphatic carbocycles. The molecule has 9 heteroatoms. The molecule has 2 amide bonds. The van der Waals surface area contributed by atoms with Crippen molar-refractivity contribution in [2.24, 2.45) is 0 Å². The summed E-state index contributed by atoms with van der Waals surface area (Å²) < 4.78 is 0. The lowest BCUT2D eigenvalue weighted by molar-refractivity contribution is 0.0924. The SMILES string of the molecule is Cc1nc2ccc(C(=O)NCCNC(=O)c3ccc(=O)[nH]n3)cc2nc1C. The van der Waals surface area contributed by atoms with Gasteiger partial charge >= 0.3 is 0 Å². The van der Waals surface area contributed by atoms with Crippen LogP contribution < -0.4 is 16.2 Å². The third kappa shape index (κ3) is 4.32. The minimum absolute atomic E-state index is 0.0969. The van der Waals surface area contributed by atoms with E-state index < -0.39 is 5.91 Å². The first-order chi connectivity index (χ1) is 12.9. The molecule has 9 nitrogen and oxygen atoms in total. The van der Waals surface area contributed by atoms with Crippen LogP contribution in [0.15, 0.2) is 35.1 Å². The molecule has 0 saturated carbocycles. The van der Waals surface area contributed by atoms with E-state index in [1.165, 1.54) is 12.1 Å². The molecule has 0 aliphatic heterocycles. The molecular formula is C18H18N6O3. The summed E-state index contributed by atoms with van der Waals surface area (Å²) in [4.78, 5) is 43.9. The zero-order valence-corrected chi connectivity index (χ0v) is 14.9. The number of aromatic amines is 1. The quantitative estimate of drug-likeness (QED) is 0.564. The van der Waals surface area contributed by atoms with Gasteiger partial charge in [-0.3, -0.25) is 14.4 Å². The number of hydrogen-bond acceptors (Lipinski definition) is 6. The largest absolute Gasteiger partial charge is 0.350 e. The van der Waals surface area contributed by atoms with Crippen molar-refractivity contribution in [3.63, 3.8) is 0 Å². The van der Waals surface area contributed by atoms with E-state index in [-0.39, 0.29) is 30.2 Å². The molecule has 0 radical (unpaired) electrons. The first-order valence-electron chi connectivity index (χ1n) is 8.31. The van der Waals surface area contributed by atoms with E-state index in [1.807, 2.05) is 13.8 Å². The van der Waals surface area contributed by atoms with Crippen molar-refractivity contribution in [2.75, 3.05) is 13.1 Å². The van der Waals surface area contributed by atoms with Gasteiger partial charge in [0.2, 0.25) is 0 Å². The summed E-state index contributed by atoms with van der Waals surface area (Å²) in [5.74, 6) is -0.708. The van der Waals surface area contributed by atoms with Crippen molar-refractivity contribution in [1.29, 1.82) is 0 Å². The number of benzene rings is 1. The number of aryl methyl sites for hydroxylation is 2. The monoisotopic (exact) mass is 366 g/mol. The van der Waals surface area contributed by atoms with Crippen LogP contribution in [0.5, 0.6) is 0 Å². The van der Waals surface area contributed by atoms with Crippen LogP contribution in [0.25, 0.3) is 11.0 Å². The Bertz CT molecular complexity index is 1060. The molecule has 138 valence electrons. The predicted molar refractivity (Wildman–Crippen MR) is 98.5 cm³/mol. The summed E-state index contributed by atoms with van der Waals surface area (Å²) in [6, 6.07) is 7.67. The molecule has 3 aromatic rings. The summed E-state index contributed by atoms with van der Waals surface area (Å²) in [6.07, 6.45) is 0. The van der Waals surface area contributed by atoms with Crippen LogP contribution in [0.2, 0.25) is 0 Å². The van der Waals surface area contributed by atoms with E-state index in [0.717, 1.165) is 16.9 Å². The van der Waals surface area contributed by atoms with Gasteiger partial charge in [0, 0.05) is 24.7 Å². The number of rotatable bonds is 5. The maximum absolute atomic E-state index is 12.3. The van der Waals surface area contributed by atoms with Gasteiger partial charge in [-0.15, -0.1) is 0 Å². The van der Waals surface area contributed by atoms with Crippen LogP contribution >= 0.6 is 0 Å². The second kappa shape index (κ2) is 7.73. The number of H-pyrrole nitrogens is 1. The molecule has 2 aromatic heterocycles. The molecular weight excluding hydrogens is 348 g/mol. The Morgan fingerprint density at radius 1 is 0.926 bits per heavy atom.